The Labute approximate surface area is 112 Å². The fraction of sp³-hybridized carbons (Fsp3) is 0.0909. The smallest absolute Gasteiger partial charge is 0.268 e. The lowest BCUT2D eigenvalue weighted by molar-refractivity contribution is 0.0991. The van der Waals surface area contributed by atoms with Gasteiger partial charge in [0.2, 0.25) is 0 Å². The molecule has 18 heavy (non-hydrogen) atoms. The Morgan fingerprint density at radius 1 is 1.17 bits per heavy atom. The Morgan fingerprint density at radius 2 is 1.94 bits per heavy atom. The number of aromatic nitrogens is 3. The number of hydrogen-bond donors (Lipinski definition) is 0. The van der Waals surface area contributed by atoms with E-state index in [0.29, 0.717) is 16.5 Å². The van der Waals surface area contributed by atoms with Gasteiger partial charge in [0.25, 0.3) is 5.91 Å². The average molecular weight is 281 g/mol. The zero-order chi connectivity index (χ0) is 12.7. The molecule has 2 aromatic rings. The van der Waals surface area contributed by atoms with Gasteiger partial charge in [0, 0.05) is 18.6 Å². The molecule has 1 aliphatic heterocycles. The van der Waals surface area contributed by atoms with Gasteiger partial charge >= 0.3 is 0 Å². The SMILES string of the molecule is O=C1c2nccnc2C(Cl)N1c1ccc(Cl)cn1. The lowest BCUT2D eigenvalue weighted by atomic mass is 10.3. The van der Waals surface area contributed by atoms with Crippen LogP contribution in [0.15, 0.2) is 30.7 Å². The largest absolute Gasteiger partial charge is 0.281 e. The zero-order valence-corrected chi connectivity index (χ0v) is 10.4. The van der Waals surface area contributed by atoms with Crippen LogP contribution in [-0.4, -0.2) is 20.9 Å². The fourth-order valence-corrected chi connectivity index (χ4v) is 2.22. The van der Waals surface area contributed by atoms with Crippen molar-refractivity contribution in [1.29, 1.82) is 0 Å². The molecule has 90 valence electrons. The van der Waals surface area contributed by atoms with E-state index in [0.717, 1.165) is 0 Å². The van der Waals surface area contributed by atoms with Gasteiger partial charge in [-0.25, -0.2) is 9.97 Å². The summed E-state index contributed by atoms with van der Waals surface area (Å²) in [7, 11) is 0. The highest BCUT2D eigenvalue weighted by atomic mass is 35.5. The summed E-state index contributed by atoms with van der Waals surface area (Å²) in [5.74, 6) is 0.108. The number of amides is 1. The number of nitrogens with zero attached hydrogens (tertiary/aromatic N) is 4. The highest BCUT2D eigenvalue weighted by Crippen LogP contribution is 2.36. The second kappa shape index (κ2) is 4.19. The molecule has 7 heteroatoms. The fourth-order valence-electron chi connectivity index (χ4n) is 1.76. The van der Waals surface area contributed by atoms with Crippen LogP contribution >= 0.6 is 23.2 Å². The lowest BCUT2D eigenvalue weighted by Crippen LogP contribution is -2.26. The second-order valence-electron chi connectivity index (χ2n) is 3.64. The first-order valence-corrected chi connectivity index (χ1v) is 5.90. The first-order valence-electron chi connectivity index (χ1n) is 5.08. The molecule has 3 rings (SSSR count). The van der Waals surface area contributed by atoms with E-state index in [1.165, 1.54) is 23.5 Å². The van der Waals surface area contributed by atoms with Crippen LogP contribution in [0.1, 0.15) is 21.7 Å². The normalized spacial score (nSPS) is 18.0. The molecule has 0 saturated carbocycles. The van der Waals surface area contributed by atoms with Crippen LogP contribution < -0.4 is 4.90 Å². The molecule has 1 aliphatic rings. The van der Waals surface area contributed by atoms with Crippen LogP contribution in [0.3, 0.4) is 0 Å². The Kier molecular flexibility index (Phi) is 2.65. The van der Waals surface area contributed by atoms with Gasteiger partial charge in [0.1, 0.15) is 11.5 Å². The molecule has 0 spiro atoms. The third kappa shape index (κ3) is 1.63. The minimum atomic E-state index is -0.699. The van der Waals surface area contributed by atoms with E-state index in [1.54, 1.807) is 12.1 Å². The summed E-state index contributed by atoms with van der Waals surface area (Å²) in [5, 5.41) is 0.491. The Balaban J connectivity index is 2.06. The third-order valence-corrected chi connectivity index (χ3v) is 3.18. The molecule has 1 amide bonds. The van der Waals surface area contributed by atoms with Crippen molar-refractivity contribution in [3.63, 3.8) is 0 Å². The molecule has 0 aliphatic carbocycles. The second-order valence-corrected chi connectivity index (χ2v) is 4.49. The molecule has 0 saturated heterocycles. The highest BCUT2D eigenvalue weighted by Gasteiger charge is 2.39. The van der Waals surface area contributed by atoms with Crippen molar-refractivity contribution in [3.05, 3.63) is 47.1 Å². The number of anilines is 1. The van der Waals surface area contributed by atoms with Crippen LogP contribution in [0, 0.1) is 0 Å². The van der Waals surface area contributed by atoms with Crippen molar-refractivity contribution in [2.45, 2.75) is 5.50 Å². The van der Waals surface area contributed by atoms with Crippen molar-refractivity contribution in [2.24, 2.45) is 0 Å². The molecule has 2 aromatic heterocycles. The monoisotopic (exact) mass is 280 g/mol. The van der Waals surface area contributed by atoms with E-state index in [4.69, 9.17) is 23.2 Å². The van der Waals surface area contributed by atoms with Gasteiger partial charge in [-0.3, -0.25) is 14.7 Å². The van der Waals surface area contributed by atoms with Crippen molar-refractivity contribution in [2.75, 3.05) is 4.90 Å². The van der Waals surface area contributed by atoms with E-state index in [2.05, 4.69) is 15.0 Å². The Bertz CT molecular complexity index is 617. The maximum Gasteiger partial charge on any atom is 0.281 e. The van der Waals surface area contributed by atoms with Crippen molar-refractivity contribution in [3.8, 4) is 0 Å². The molecular formula is C11H6Cl2N4O. The number of carbonyl (C=O) groups is 1. The molecule has 0 radical (unpaired) electrons. The summed E-state index contributed by atoms with van der Waals surface area (Å²) in [6, 6.07) is 3.27. The average Bonchev–Trinajstić information content (AvgIpc) is 2.64. The molecule has 1 atom stereocenters. The van der Waals surface area contributed by atoms with Gasteiger partial charge in [0.05, 0.1) is 5.02 Å². The van der Waals surface area contributed by atoms with E-state index >= 15 is 0 Å². The van der Waals surface area contributed by atoms with Gasteiger partial charge in [-0.05, 0) is 12.1 Å². The molecular weight excluding hydrogens is 275 g/mol. The molecule has 3 heterocycles. The summed E-state index contributed by atoms with van der Waals surface area (Å²) >= 11 is 12.0. The Hall–Kier alpha value is -1.72. The summed E-state index contributed by atoms with van der Waals surface area (Å²) in [6.07, 6.45) is 4.41. The van der Waals surface area contributed by atoms with Gasteiger partial charge in [-0.15, -0.1) is 0 Å². The minimum absolute atomic E-state index is 0.259. The minimum Gasteiger partial charge on any atom is -0.268 e. The van der Waals surface area contributed by atoms with Gasteiger partial charge in [-0.1, -0.05) is 23.2 Å². The number of hydrogen-bond acceptors (Lipinski definition) is 4. The van der Waals surface area contributed by atoms with E-state index in [-0.39, 0.29) is 11.6 Å². The lowest BCUT2D eigenvalue weighted by Gasteiger charge is -2.18. The topological polar surface area (TPSA) is 59.0 Å². The van der Waals surface area contributed by atoms with Crippen LogP contribution in [-0.2, 0) is 0 Å². The quantitative estimate of drug-likeness (QED) is 0.595. The number of rotatable bonds is 1. The number of fused-ring (bicyclic) bond motifs is 1. The van der Waals surface area contributed by atoms with Gasteiger partial charge in [-0.2, -0.15) is 0 Å². The van der Waals surface area contributed by atoms with Crippen molar-refractivity contribution >= 4 is 34.9 Å². The van der Waals surface area contributed by atoms with E-state index < -0.39 is 5.50 Å². The van der Waals surface area contributed by atoms with Gasteiger partial charge in [0.15, 0.2) is 11.2 Å². The first kappa shape index (κ1) is 11.4. The Morgan fingerprint density at radius 3 is 2.61 bits per heavy atom. The number of pyridine rings is 1. The van der Waals surface area contributed by atoms with Crippen LogP contribution in [0.5, 0.6) is 0 Å². The van der Waals surface area contributed by atoms with Crippen molar-refractivity contribution in [1.82, 2.24) is 15.0 Å². The summed E-state index contributed by atoms with van der Waals surface area (Å²) in [6.45, 7) is 0. The third-order valence-electron chi connectivity index (χ3n) is 2.56. The van der Waals surface area contributed by atoms with Crippen molar-refractivity contribution < 1.29 is 4.79 Å². The van der Waals surface area contributed by atoms with E-state index in [1.807, 2.05) is 0 Å². The maximum absolute atomic E-state index is 12.2. The molecule has 0 bridgehead atoms. The number of halogens is 2. The highest BCUT2D eigenvalue weighted by molar-refractivity contribution is 6.30. The standard InChI is InChI=1S/C11H6Cl2N4O/c12-6-1-2-7(16-5-6)17-10(13)8-9(11(17)18)15-4-3-14-8/h1-5,10H. The first-order chi connectivity index (χ1) is 8.68. The summed E-state index contributed by atoms with van der Waals surface area (Å²) in [4.78, 5) is 25.6. The predicted octanol–water partition coefficient (Wildman–Crippen LogP) is 2.42. The van der Waals surface area contributed by atoms with Crippen LogP contribution in [0.2, 0.25) is 5.02 Å². The summed E-state index contributed by atoms with van der Waals surface area (Å²) < 4.78 is 0. The van der Waals surface area contributed by atoms with E-state index in [9.17, 15) is 4.79 Å². The predicted molar refractivity (Wildman–Crippen MR) is 66.7 cm³/mol. The molecule has 5 nitrogen and oxygen atoms in total. The molecule has 0 fully saturated rings. The number of alkyl halides is 1. The molecule has 1 unspecified atom stereocenters. The van der Waals surface area contributed by atoms with Crippen LogP contribution in [0.4, 0.5) is 5.82 Å². The summed E-state index contributed by atoms with van der Waals surface area (Å²) in [5.41, 5.74) is 0.00467. The molecule has 0 aromatic carbocycles. The number of carbonyl (C=O) groups excluding carboxylic acids is 1. The van der Waals surface area contributed by atoms with Crippen LogP contribution in [0.25, 0.3) is 0 Å². The molecule has 0 N–H and O–H groups in total. The maximum atomic E-state index is 12.2. The van der Waals surface area contributed by atoms with Gasteiger partial charge < -0.3 is 0 Å². The zero-order valence-electron chi connectivity index (χ0n) is 8.92.